The van der Waals surface area contributed by atoms with Gasteiger partial charge in [0.1, 0.15) is 10.9 Å². The van der Waals surface area contributed by atoms with Crippen LogP contribution in [0.3, 0.4) is 0 Å². The number of nitrogens with zero attached hydrogens (tertiary/aromatic N) is 2. The summed E-state index contributed by atoms with van der Waals surface area (Å²) in [7, 11) is 1.61. The van der Waals surface area contributed by atoms with Crippen LogP contribution in [-0.2, 0) is 0 Å². The molecule has 0 aliphatic rings. The summed E-state index contributed by atoms with van der Waals surface area (Å²) in [5.74, 6) is 1.01. The Morgan fingerprint density at radius 3 is 2.60 bits per heavy atom. The molecule has 0 spiro atoms. The average molecular weight is 287 g/mol. The van der Waals surface area contributed by atoms with Crippen molar-refractivity contribution in [3.63, 3.8) is 0 Å². The molecule has 2 rings (SSSR count). The van der Waals surface area contributed by atoms with Gasteiger partial charge in [0.25, 0.3) is 0 Å². The molecule has 4 heteroatoms. The number of nitriles is 1. The third-order valence-electron chi connectivity index (χ3n) is 3.14. The number of ether oxygens (including phenoxy) is 1. The van der Waals surface area contributed by atoms with E-state index < -0.39 is 0 Å². The SMILES string of the molecule is COc1ccc(C#N)cc1-c1cc(Cl)ncc1C(C)C. The number of halogens is 1. The van der Waals surface area contributed by atoms with Gasteiger partial charge in [-0.2, -0.15) is 5.26 Å². The lowest BCUT2D eigenvalue weighted by molar-refractivity contribution is 0.416. The average Bonchev–Trinajstić information content (AvgIpc) is 2.46. The zero-order chi connectivity index (χ0) is 14.7. The highest BCUT2D eigenvalue weighted by molar-refractivity contribution is 6.29. The standard InChI is InChI=1S/C16H15ClN2O/c1-10(2)14-9-19-16(17)7-12(14)13-6-11(8-18)4-5-15(13)20-3/h4-7,9-10H,1-3H3. The lowest BCUT2D eigenvalue weighted by Crippen LogP contribution is -1.97. The number of rotatable bonds is 3. The van der Waals surface area contributed by atoms with Crippen LogP contribution in [0.2, 0.25) is 5.15 Å². The zero-order valence-electron chi connectivity index (χ0n) is 11.6. The molecule has 20 heavy (non-hydrogen) atoms. The van der Waals surface area contributed by atoms with Crippen LogP contribution < -0.4 is 4.74 Å². The first-order valence-electron chi connectivity index (χ1n) is 6.30. The van der Waals surface area contributed by atoms with Gasteiger partial charge in [-0.1, -0.05) is 25.4 Å². The van der Waals surface area contributed by atoms with E-state index in [0.717, 1.165) is 16.7 Å². The first kappa shape index (κ1) is 14.4. The normalized spacial score (nSPS) is 10.4. The van der Waals surface area contributed by atoms with E-state index in [0.29, 0.717) is 22.4 Å². The lowest BCUT2D eigenvalue weighted by atomic mass is 9.93. The van der Waals surface area contributed by atoms with Crippen molar-refractivity contribution in [2.24, 2.45) is 0 Å². The minimum atomic E-state index is 0.296. The molecule has 0 bridgehead atoms. The number of hydrogen-bond acceptors (Lipinski definition) is 3. The summed E-state index contributed by atoms with van der Waals surface area (Å²) >= 11 is 6.02. The van der Waals surface area contributed by atoms with Gasteiger partial charge >= 0.3 is 0 Å². The summed E-state index contributed by atoms with van der Waals surface area (Å²) in [5.41, 5.74) is 3.47. The Kier molecular flexibility index (Phi) is 4.26. The van der Waals surface area contributed by atoms with E-state index in [9.17, 15) is 0 Å². The molecule has 0 saturated heterocycles. The number of benzene rings is 1. The van der Waals surface area contributed by atoms with Crippen LogP contribution in [-0.4, -0.2) is 12.1 Å². The first-order chi connectivity index (χ1) is 9.56. The van der Waals surface area contributed by atoms with Gasteiger partial charge in [-0.3, -0.25) is 0 Å². The molecular weight excluding hydrogens is 272 g/mol. The zero-order valence-corrected chi connectivity index (χ0v) is 12.4. The van der Waals surface area contributed by atoms with Crippen molar-refractivity contribution in [3.8, 4) is 22.9 Å². The van der Waals surface area contributed by atoms with E-state index >= 15 is 0 Å². The van der Waals surface area contributed by atoms with Gasteiger partial charge in [-0.15, -0.1) is 0 Å². The van der Waals surface area contributed by atoms with Gasteiger partial charge in [0, 0.05) is 11.8 Å². The van der Waals surface area contributed by atoms with E-state index in [4.69, 9.17) is 21.6 Å². The Balaban J connectivity index is 2.73. The van der Waals surface area contributed by atoms with Crippen molar-refractivity contribution in [1.82, 2.24) is 4.98 Å². The molecule has 102 valence electrons. The summed E-state index contributed by atoms with van der Waals surface area (Å²) in [6.07, 6.45) is 1.78. The predicted molar refractivity (Wildman–Crippen MR) is 80.0 cm³/mol. The molecule has 0 N–H and O–H groups in total. The molecule has 1 aromatic heterocycles. The Hall–Kier alpha value is -2.05. The molecule has 1 aromatic carbocycles. The molecule has 0 fully saturated rings. The lowest BCUT2D eigenvalue weighted by Gasteiger charge is -2.15. The second-order valence-corrected chi connectivity index (χ2v) is 5.16. The van der Waals surface area contributed by atoms with Crippen molar-refractivity contribution >= 4 is 11.6 Å². The van der Waals surface area contributed by atoms with Gasteiger partial charge < -0.3 is 4.74 Å². The van der Waals surface area contributed by atoms with Crippen LogP contribution in [0.5, 0.6) is 5.75 Å². The smallest absolute Gasteiger partial charge is 0.129 e. The summed E-state index contributed by atoms with van der Waals surface area (Å²) < 4.78 is 5.40. The molecule has 0 unspecified atom stereocenters. The molecule has 3 nitrogen and oxygen atoms in total. The quantitative estimate of drug-likeness (QED) is 0.785. The molecule has 0 amide bonds. The minimum absolute atomic E-state index is 0.296. The molecule has 0 aliphatic carbocycles. The molecule has 1 heterocycles. The van der Waals surface area contributed by atoms with Gasteiger partial charge in [0.05, 0.1) is 18.7 Å². The van der Waals surface area contributed by atoms with E-state index in [1.54, 1.807) is 25.4 Å². The maximum atomic E-state index is 9.08. The Bertz CT molecular complexity index is 675. The van der Waals surface area contributed by atoms with E-state index in [1.807, 2.05) is 12.1 Å². The summed E-state index contributed by atoms with van der Waals surface area (Å²) in [5, 5.41) is 9.50. The van der Waals surface area contributed by atoms with Crippen LogP contribution in [0.15, 0.2) is 30.5 Å². The molecule has 0 radical (unpaired) electrons. The van der Waals surface area contributed by atoms with Gasteiger partial charge in [-0.05, 0) is 41.3 Å². The van der Waals surface area contributed by atoms with Crippen molar-refractivity contribution in [2.45, 2.75) is 19.8 Å². The van der Waals surface area contributed by atoms with Gasteiger partial charge in [0.15, 0.2) is 0 Å². The summed E-state index contributed by atoms with van der Waals surface area (Å²) in [4.78, 5) is 4.14. The number of hydrogen-bond donors (Lipinski definition) is 0. The highest BCUT2D eigenvalue weighted by Crippen LogP contribution is 2.36. The van der Waals surface area contributed by atoms with Gasteiger partial charge in [-0.25, -0.2) is 4.98 Å². The van der Waals surface area contributed by atoms with Crippen LogP contribution >= 0.6 is 11.6 Å². The van der Waals surface area contributed by atoms with Crippen molar-refractivity contribution in [1.29, 1.82) is 5.26 Å². The molecular formula is C16H15ClN2O. The monoisotopic (exact) mass is 286 g/mol. The number of aromatic nitrogens is 1. The van der Waals surface area contributed by atoms with E-state index in [-0.39, 0.29) is 0 Å². The van der Waals surface area contributed by atoms with Crippen molar-refractivity contribution in [3.05, 3.63) is 46.7 Å². The number of pyridine rings is 1. The third kappa shape index (κ3) is 2.76. The maximum absolute atomic E-state index is 9.08. The topological polar surface area (TPSA) is 45.9 Å². The van der Waals surface area contributed by atoms with Gasteiger partial charge in [0.2, 0.25) is 0 Å². The second kappa shape index (κ2) is 5.94. The Morgan fingerprint density at radius 1 is 1.25 bits per heavy atom. The highest BCUT2D eigenvalue weighted by atomic mass is 35.5. The highest BCUT2D eigenvalue weighted by Gasteiger charge is 2.14. The van der Waals surface area contributed by atoms with Crippen LogP contribution in [0, 0.1) is 11.3 Å². The summed E-state index contributed by atoms with van der Waals surface area (Å²) in [6.45, 7) is 4.18. The Morgan fingerprint density at radius 2 is 2.00 bits per heavy atom. The van der Waals surface area contributed by atoms with Crippen molar-refractivity contribution < 1.29 is 4.74 Å². The first-order valence-corrected chi connectivity index (χ1v) is 6.68. The fourth-order valence-corrected chi connectivity index (χ4v) is 2.28. The molecule has 2 aromatic rings. The maximum Gasteiger partial charge on any atom is 0.129 e. The van der Waals surface area contributed by atoms with Crippen LogP contribution in [0.4, 0.5) is 0 Å². The fourth-order valence-electron chi connectivity index (χ4n) is 2.12. The third-order valence-corrected chi connectivity index (χ3v) is 3.35. The largest absolute Gasteiger partial charge is 0.496 e. The molecule has 0 atom stereocenters. The number of methoxy groups -OCH3 is 1. The summed E-state index contributed by atoms with van der Waals surface area (Å²) in [6, 6.07) is 9.31. The fraction of sp³-hybridized carbons (Fsp3) is 0.250. The van der Waals surface area contributed by atoms with E-state index in [1.165, 1.54) is 0 Å². The minimum Gasteiger partial charge on any atom is -0.496 e. The van der Waals surface area contributed by atoms with Crippen LogP contribution in [0.25, 0.3) is 11.1 Å². The van der Waals surface area contributed by atoms with E-state index in [2.05, 4.69) is 24.9 Å². The Labute approximate surface area is 123 Å². The second-order valence-electron chi connectivity index (χ2n) is 4.78. The predicted octanol–water partition coefficient (Wildman–Crippen LogP) is 4.41. The molecule has 0 saturated carbocycles. The van der Waals surface area contributed by atoms with Crippen LogP contribution in [0.1, 0.15) is 30.9 Å². The molecule has 0 aliphatic heterocycles. The van der Waals surface area contributed by atoms with Crippen molar-refractivity contribution in [2.75, 3.05) is 7.11 Å².